The third-order valence-corrected chi connectivity index (χ3v) is 4.05. The number of aromatic carboxylic acids is 1. The van der Waals surface area contributed by atoms with Crippen molar-refractivity contribution in [3.05, 3.63) is 16.1 Å². The first-order chi connectivity index (χ1) is 9.56. The fourth-order valence-electron chi connectivity index (χ4n) is 1.97. The molecule has 8 heteroatoms. The molecule has 1 aromatic heterocycles. The van der Waals surface area contributed by atoms with Crippen LogP contribution in [-0.4, -0.2) is 41.3 Å². The fourth-order valence-corrected chi connectivity index (χ4v) is 2.68. The maximum absolute atomic E-state index is 11.7. The Balaban J connectivity index is 1.75. The quantitative estimate of drug-likeness (QED) is 0.755. The Morgan fingerprint density at radius 1 is 1.65 bits per heavy atom. The molecule has 1 aromatic rings. The number of carbonyl (C=O) groups is 2. The van der Waals surface area contributed by atoms with E-state index in [-0.39, 0.29) is 24.3 Å². The summed E-state index contributed by atoms with van der Waals surface area (Å²) in [5.74, 6) is -0.717. The molecular weight excluding hydrogens is 282 g/mol. The van der Waals surface area contributed by atoms with Crippen LogP contribution < -0.4 is 10.6 Å². The number of urea groups is 1. The molecule has 2 atom stereocenters. The predicted molar refractivity (Wildman–Crippen MR) is 72.8 cm³/mol. The van der Waals surface area contributed by atoms with E-state index >= 15 is 0 Å². The molecule has 7 nitrogen and oxygen atoms in total. The van der Waals surface area contributed by atoms with Crippen molar-refractivity contribution >= 4 is 23.3 Å². The van der Waals surface area contributed by atoms with Gasteiger partial charge in [0.15, 0.2) is 5.69 Å². The van der Waals surface area contributed by atoms with Crippen LogP contribution in [0.25, 0.3) is 0 Å². The molecule has 20 heavy (non-hydrogen) atoms. The van der Waals surface area contributed by atoms with E-state index < -0.39 is 5.97 Å². The van der Waals surface area contributed by atoms with E-state index in [4.69, 9.17) is 9.84 Å². The number of rotatable bonds is 5. The molecule has 2 heterocycles. The Kier molecular flexibility index (Phi) is 4.91. The summed E-state index contributed by atoms with van der Waals surface area (Å²) < 4.78 is 5.28. The van der Waals surface area contributed by atoms with Crippen LogP contribution in [0, 0.1) is 5.92 Å². The first kappa shape index (κ1) is 14.7. The summed E-state index contributed by atoms with van der Waals surface area (Å²) in [5.41, 5.74) is 0.00341. The average molecular weight is 299 g/mol. The largest absolute Gasteiger partial charge is 0.476 e. The molecule has 0 spiro atoms. The van der Waals surface area contributed by atoms with E-state index in [0.29, 0.717) is 17.5 Å². The van der Waals surface area contributed by atoms with E-state index in [1.54, 1.807) is 0 Å². The zero-order valence-electron chi connectivity index (χ0n) is 11.1. The number of aromatic nitrogens is 1. The summed E-state index contributed by atoms with van der Waals surface area (Å²) in [5, 5.41) is 16.3. The third-order valence-electron chi connectivity index (χ3n) is 3.20. The highest BCUT2D eigenvalue weighted by molar-refractivity contribution is 7.09. The Bertz CT molecular complexity index is 485. The molecule has 1 fully saturated rings. The van der Waals surface area contributed by atoms with E-state index in [1.165, 1.54) is 16.7 Å². The highest BCUT2D eigenvalue weighted by Crippen LogP contribution is 2.16. The summed E-state index contributed by atoms with van der Waals surface area (Å²) in [6.45, 7) is 3.59. The highest BCUT2D eigenvalue weighted by Gasteiger charge is 2.23. The van der Waals surface area contributed by atoms with Crippen LogP contribution in [0.3, 0.4) is 0 Å². The van der Waals surface area contributed by atoms with Gasteiger partial charge in [0.2, 0.25) is 0 Å². The molecule has 2 unspecified atom stereocenters. The minimum atomic E-state index is -1.06. The van der Waals surface area contributed by atoms with Gasteiger partial charge in [-0.05, 0) is 13.3 Å². The standard InChI is InChI=1S/C12H17N3O4S/c1-7(8-2-3-19-5-8)14-12(18)13-4-10-15-9(6-20-10)11(16)17/h6-8H,2-5H2,1H3,(H,16,17)(H2,13,14,18). The number of carboxylic acids is 1. The van der Waals surface area contributed by atoms with Crippen molar-refractivity contribution in [3.8, 4) is 0 Å². The zero-order chi connectivity index (χ0) is 14.5. The maximum Gasteiger partial charge on any atom is 0.355 e. The molecule has 1 saturated heterocycles. The van der Waals surface area contributed by atoms with E-state index in [2.05, 4.69) is 15.6 Å². The van der Waals surface area contributed by atoms with Crippen molar-refractivity contribution < 1.29 is 19.4 Å². The van der Waals surface area contributed by atoms with E-state index in [9.17, 15) is 9.59 Å². The summed E-state index contributed by atoms with van der Waals surface area (Å²) in [6.07, 6.45) is 0.954. The smallest absolute Gasteiger partial charge is 0.355 e. The molecule has 0 aliphatic carbocycles. The Labute approximate surface area is 120 Å². The summed E-state index contributed by atoms with van der Waals surface area (Å²) >= 11 is 1.21. The number of nitrogens with zero attached hydrogens (tertiary/aromatic N) is 1. The lowest BCUT2D eigenvalue weighted by atomic mass is 10.0. The number of ether oxygens (including phenoxy) is 1. The van der Waals surface area contributed by atoms with Gasteiger partial charge in [-0.1, -0.05) is 0 Å². The molecule has 0 saturated carbocycles. The summed E-state index contributed by atoms with van der Waals surface area (Å²) in [4.78, 5) is 26.3. The molecule has 0 bridgehead atoms. The number of nitrogens with one attached hydrogen (secondary N) is 2. The molecule has 0 radical (unpaired) electrons. The number of carbonyl (C=O) groups excluding carboxylic acids is 1. The second-order valence-electron chi connectivity index (χ2n) is 4.67. The Morgan fingerprint density at radius 3 is 3.05 bits per heavy atom. The van der Waals surface area contributed by atoms with Crippen LogP contribution in [0.15, 0.2) is 5.38 Å². The Morgan fingerprint density at radius 2 is 2.45 bits per heavy atom. The first-order valence-corrected chi connectivity index (χ1v) is 7.24. The summed E-state index contributed by atoms with van der Waals surface area (Å²) in [6, 6.07) is -0.236. The van der Waals surface area contributed by atoms with E-state index in [1.807, 2.05) is 6.92 Å². The average Bonchev–Trinajstić information content (AvgIpc) is 3.07. The second kappa shape index (κ2) is 6.67. The van der Waals surface area contributed by atoms with Crippen LogP contribution >= 0.6 is 11.3 Å². The minimum absolute atomic E-state index is 0.00341. The predicted octanol–water partition coefficient (Wildman–Crippen LogP) is 1.07. The molecule has 3 N–H and O–H groups in total. The van der Waals surface area contributed by atoms with Crippen molar-refractivity contribution in [1.29, 1.82) is 0 Å². The van der Waals surface area contributed by atoms with E-state index in [0.717, 1.165) is 13.0 Å². The zero-order valence-corrected chi connectivity index (χ0v) is 11.9. The van der Waals surface area contributed by atoms with Gasteiger partial charge in [0.25, 0.3) is 0 Å². The van der Waals surface area contributed by atoms with Gasteiger partial charge >= 0.3 is 12.0 Å². The Hall–Kier alpha value is -1.67. The van der Waals surface area contributed by atoms with Crippen molar-refractivity contribution in [1.82, 2.24) is 15.6 Å². The first-order valence-electron chi connectivity index (χ1n) is 6.36. The molecule has 1 aliphatic rings. The molecule has 0 aromatic carbocycles. The molecule has 1 aliphatic heterocycles. The highest BCUT2D eigenvalue weighted by atomic mass is 32.1. The van der Waals surface area contributed by atoms with Crippen molar-refractivity contribution in [2.75, 3.05) is 13.2 Å². The van der Waals surface area contributed by atoms with Gasteiger partial charge in [-0.2, -0.15) is 0 Å². The number of carboxylic acid groups (broad SMARTS) is 1. The van der Waals surface area contributed by atoms with Gasteiger partial charge in [0, 0.05) is 23.9 Å². The number of hydrogen-bond acceptors (Lipinski definition) is 5. The van der Waals surface area contributed by atoms with Gasteiger partial charge in [0.1, 0.15) is 5.01 Å². The molecular formula is C12H17N3O4S. The number of amides is 2. The van der Waals surface area contributed by atoms with Gasteiger partial charge < -0.3 is 20.5 Å². The lowest BCUT2D eigenvalue weighted by Gasteiger charge is -2.19. The lowest BCUT2D eigenvalue weighted by Crippen LogP contribution is -2.44. The van der Waals surface area contributed by atoms with Crippen molar-refractivity contribution in [2.24, 2.45) is 5.92 Å². The van der Waals surface area contributed by atoms with Gasteiger partial charge in [-0.3, -0.25) is 0 Å². The summed E-state index contributed by atoms with van der Waals surface area (Å²) in [7, 11) is 0. The van der Waals surface area contributed by atoms with Gasteiger partial charge in [-0.25, -0.2) is 14.6 Å². The monoisotopic (exact) mass is 299 g/mol. The third kappa shape index (κ3) is 3.91. The number of thiazole rings is 1. The SMILES string of the molecule is CC(NC(=O)NCc1nc(C(=O)O)cs1)C1CCOC1. The van der Waals surface area contributed by atoms with Crippen molar-refractivity contribution in [2.45, 2.75) is 25.9 Å². The maximum atomic E-state index is 11.7. The molecule has 2 amide bonds. The van der Waals surface area contributed by atoms with Crippen LogP contribution in [0.5, 0.6) is 0 Å². The van der Waals surface area contributed by atoms with Crippen LogP contribution in [0.1, 0.15) is 28.8 Å². The van der Waals surface area contributed by atoms with Crippen LogP contribution in [0.4, 0.5) is 4.79 Å². The van der Waals surface area contributed by atoms with Crippen LogP contribution in [-0.2, 0) is 11.3 Å². The molecule has 2 rings (SSSR count). The fraction of sp³-hybridized carbons (Fsp3) is 0.583. The number of hydrogen-bond donors (Lipinski definition) is 3. The normalized spacial score (nSPS) is 19.6. The van der Waals surface area contributed by atoms with Gasteiger partial charge in [0.05, 0.1) is 13.2 Å². The second-order valence-corrected chi connectivity index (χ2v) is 5.61. The molecule has 110 valence electrons. The topological polar surface area (TPSA) is 101 Å². The van der Waals surface area contributed by atoms with Gasteiger partial charge in [-0.15, -0.1) is 11.3 Å². The lowest BCUT2D eigenvalue weighted by molar-refractivity contribution is 0.0691. The minimum Gasteiger partial charge on any atom is -0.476 e. The van der Waals surface area contributed by atoms with Crippen molar-refractivity contribution in [3.63, 3.8) is 0 Å². The van der Waals surface area contributed by atoms with Crippen LogP contribution in [0.2, 0.25) is 0 Å².